The standard InChI is InChI=1S/C16H19BrN2O2/c1-11-4-5-12(14(17)9-11)6-7-15(20)19-8-2-3-13(10-19)16(18)21/h4-7,9,13H,2-3,8,10H2,1H3,(H2,18,21)/b7-6+. The quantitative estimate of drug-likeness (QED) is 0.851. The summed E-state index contributed by atoms with van der Waals surface area (Å²) < 4.78 is 0.959. The molecule has 0 aliphatic carbocycles. The molecule has 1 aliphatic rings. The van der Waals surface area contributed by atoms with Gasteiger partial charge in [-0.25, -0.2) is 0 Å². The van der Waals surface area contributed by atoms with Gasteiger partial charge >= 0.3 is 0 Å². The zero-order chi connectivity index (χ0) is 15.4. The molecule has 1 saturated heterocycles. The van der Waals surface area contributed by atoms with Crippen molar-refractivity contribution in [2.45, 2.75) is 19.8 Å². The van der Waals surface area contributed by atoms with Crippen molar-refractivity contribution in [2.24, 2.45) is 11.7 Å². The van der Waals surface area contributed by atoms with E-state index in [0.717, 1.165) is 28.4 Å². The van der Waals surface area contributed by atoms with Crippen molar-refractivity contribution >= 4 is 33.8 Å². The molecule has 1 atom stereocenters. The van der Waals surface area contributed by atoms with E-state index in [0.29, 0.717) is 13.1 Å². The molecule has 2 N–H and O–H groups in total. The number of halogens is 1. The Morgan fingerprint density at radius 1 is 1.43 bits per heavy atom. The van der Waals surface area contributed by atoms with Crippen LogP contribution >= 0.6 is 15.9 Å². The molecule has 1 aromatic rings. The summed E-state index contributed by atoms with van der Waals surface area (Å²) >= 11 is 3.48. The summed E-state index contributed by atoms with van der Waals surface area (Å²) in [6.45, 7) is 3.12. The highest BCUT2D eigenvalue weighted by atomic mass is 79.9. The number of aryl methyl sites for hydroxylation is 1. The van der Waals surface area contributed by atoms with Crippen LogP contribution in [0.3, 0.4) is 0 Å². The lowest BCUT2D eigenvalue weighted by Gasteiger charge is -2.30. The highest BCUT2D eigenvalue weighted by Crippen LogP contribution is 2.20. The maximum absolute atomic E-state index is 12.2. The van der Waals surface area contributed by atoms with Crippen LogP contribution in [0, 0.1) is 12.8 Å². The summed E-state index contributed by atoms with van der Waals surface area (Å²) in [7, 11) is 0. The summed E-state index contributed by atoms with van der Waals surface area (Å²) in [4.78, 5) is 25.1. The number of nitrogens with two attached hydrogens (primary N) is 1. The third-order valence-electron chi connectivity index (χ3n) is 3.70. The predicted molar refractivity (Wildman–Crippen MR) is 86.4 cm³/mol. The van der Waals surface area contributed by atoms with E-state index in [2.05, 4.69) is 15.9 Å². The van der Waals surface area contributed by atoms with Crippen molar-refractivity contribution in [3.8, 4) is 0 Å². The minimum absolute atomic E-state index is 0.0755. The number of carbonyl (C=O) groups excluding carboxylic acids is 2. The number of benzene rings is 1. The lowest BCUT2D eigenvalue weighted by atomic mass is 9.97. The van der Waals surface area contributed by atoms with Gasteiger partial charge in [-0.05, 0) is 43.0 Å². The van der Waals surface area contributed by atoms with Gasteiger partial charge in [0.25, 0.3) is 0 Å². The van der Waals surface area contributed by atoms with Crippen LogP contribution in [-0.2, 0) is 9.59 Å². The fourth-order valence-electron chi connectivity index (χ4n) is 2.44. The summed E-state index contributed by atoms with van der Waals surface area (Å²) in [5, 5.41) is 0. The van der Waals surface area contributed by atoms with E-state index in [1.165, 1.54) is 0 Å². The Morgan fingerprint density at radius 2 is 2.19 bits per heavy atom. The van der Waals surface area contributed by atoms with E-state index < -0.39 is 0 Å². The Morgan fingerprint density at radius 3 is 2.86 bits per heavy atom. The molecule has 21 heavy (non-hydrogen) atoms. The summed E-state index contributed by atoms with van der Waals surface area (Å²) in [6.07, 6.45) is 4.94. The minimum atomic E-state index is -0.322. The molecule has 0 spiro atoms. The van der Waals surface area contributed by atoms with Crippen LogP contribution in [0.15, 0.2) is 28.7 Å². The largest absolute Gasteiger partial charge is 0.369 e. The number of nitrogens with zero attached hydrogens (tertiary/aromatic N) is 1. The first-order chi connectivity index (χ1) is 9.97. The second kappa shape index (κ2) is 6.89. The van der Waals surface area contributed by atoms with E-state index >= 15 is 0 Å². The predicted octanol–water partition coefficient (Wildman–Crippen LogP) is 2.49. The minimum Gasteiger partial charge on any atom is -0.369 e. The van der Waals surface area contributed by atoms with E-state index in [1.807, 2.05) is 25.1 Å². The highest BCUT2D eigenvalue weighted by Gasteiger charge is 2.25. The molecule has 1 aliphatic heterocycles. The number of rotatable bonds is 3. The van der Waals surface area contributed by atoms with Gasteiger partial charge < -0.3 is 10.6 Å². The number of carbonyl (C=O) groups is 2. The van der Waals surface area contributed by atoms with Crippen LogP contribution in [0.2, 0.25) is 0 Å². The van der Waals surface area contributed by atoms with E-state index in [-0.39, 0.29) is 17.7 Å². The van der Waals surface area contributed by atoms with Crippen LogP contribution in [0.5, 0.6) is 0 Å². The van der Waals surface area contributed by atoms with Gasteiger partial charge in [-0.1, -0.05) is 28.1 Å². The molecule has 0 radical (unpaired) electrons. The third kappa shape index (κ3) is 4.17. The van der Waals surface area contributed by atoms with Gasteiger partial charge in [0.2, 0.25) is 11.8 Å². The van der Waals surface area contributed by atoms with Crippen LogP contribution in [-0.4, -0.2) is 29.8 Å². The molecule has 4 nitrogen and oxygen atoms in total. The molecule has 5 heteroatoms. The Bertz CT molecular complexity index is 584. The van der Waals surface area contributed by atoms with E-state index in [9.17, 15) is 9.59 Å². The Hall–Kier alpha value is -1.62. The van der Waals surface area contributed by atoms with Crippen molar-refractivity contribution in [1.82, 2.24) is 4.90 Å². The normalized spacial score (nSPS) is 19.0. The monoisotopic (exact) mass is 350 g/mol. The first-order valence-electron chi connectivity index (χ1n) is 7.00. The average molecular weight is 351 g/mol. The van der Waals surface area contributed by atoms with Crippen LogP contribution < -0.4 is 5.73 Å². The first-order valence-corrected chi connectivity index (χ1v) is 7.79. The first kappa shape index (κ1) is 15.8. The smallest absolute Gasteiger partial charge is 0.246 e. The molecule has 112 valence electrons. The number of hydrogen-bond acceptors (Lipinski definition) is 2. The Labute approximate surface area is 133 Å². The highest BCUT2D eigenvalue weighted by molar-refractivity contribution is 9.10. The molecule has 1 heterocycles. The molecule has 0 bridgehead atoms. The Balaban J connectivity index is 2.03. The molecular weight excluding hydrogens is 332 g/mol. The van der Waals surface area contributed by atoms with Gasteiger partial charge in [0, 0.05) is 23.6 Å². The Kier molecular flexibility index (Phi) is 5.17. The molecule has 1 aromatic carbocycles. The van der Waals surface area contributed by atoms with Crippen LogP contribution in [0.1, 0.15) is 24.0 Å². The number of amides is 2. The SMILES string of the molecule is Cc1ccc(/C=C/C(=O)N2CCCC(C(N)=O)C2)c(Br)c1. The fraction of sp³-hybridized carbons (Fsp3) is 0.375. The summed E-state index contributed by atoms with van der Waals surface area (Å²) in [5.41, 5.74) is 7.44. The topological polar surface area (TPSA) is 63.4 Å². The molecule has 2 amide bonds. The molecule has 2 rings (SSSR count). The maximum Gasteiger partial charge on any atom is 0.246 e. The number of piperidine rings is 1. The van der Waals surface area contributed by atoms with Crippen molar-refractivity contribution in [1.29, 1.82) is 0 Å². The number of hydrogen-bond donors (Lipinski definition) is 1. The zero-order valence-electron chi connectivity index (χ0n) is 12.0. The number of likely N-dealkylation sites (tertiary alicyclic amines) is 1. The molecule has 0 aromatic heterocycles. The molecule has 1 unspecified atom stereocenters. The maximum atomic E-state index is 12.2. The van der Waals surface area contributed by atoms with Gasteiger partial charge in [0.05, 0.1) is 5.92 Å². The lowest BCUT2D eigenvalue weighted by Crippen LogP contribution is -2.43. The average Bonchev–Trinajstić information content (AvgIpc) is 2.46. The van der Waals surface area contributed by atoms with Crippen LogP contribution in [0.4, 0.5) is 0 Å². The molecule has 0 saturated carbocycles. The molecule has 1 fully saturated rings. The second-order valence-corrected chi connectivity index (χ2v) is 6.24. The fourth-order valence-corrected chi connectivity index (χ4v) is 3.07. The summed E-state index contributed by atoms with van der Waals surface area (Å²) in [5.74, 6) is -0.617. The van der Waals surface area contributed by atoms with Gasteiger partial charge in [-0.2, -0.15) is 0 Å². The van der Waals surface area contributed by atoms with Crippen molar-refractivity contribution in [2.75, 3.05) is 13.1 Å². The second-order valence-electron chi connectivity index (χ2n) is 5.38. The van der Waals surface area contributed by atoms with Gasteiger partial charge in [0.15, 0.2) is 0 Å². The molecular formula is C16H19BrN2O2. The van der Waals surface area contributed by atoms with Gasteiger partial charge in [-0.15, -0.1) is 0 Å². The summed E-state index contributed by atoms with van der Waals surface area (Å²) in [6, 6.07) is 5.97. The van der Waals surface area contributed by atoms with Gasteiger partial charge in [0.1, 0.15) is 0 Å². The zero-order valence-corrected chi connectivity index (χ0v) is 13.6. The number of primary amides is 1. The third-order valence-corrected chi connectivity index (χ3v) is 4.38. The van der Waals surface area contributed by atoms with Crippen molar-refractivity contribution in [3.63, 3.8) is 0 Å². The van der Waals surface area contributed by atoms with Crippen LogP contribution in [0.25, 0.3) is 6.08 Å². The van der Waals surface area contributed by atoms with Gasteiger partial charge in [-0.3, -0.25) is 9.59 Å². The van der Waals surface area contributed by atoms with E-state index in [4.69, 9.17) is 5.73 Å². The van der Waals surface area contributed by atoms with Crippen molar-refractivity contribution < 1.29 is 9.59 Å². The van der Waals surface area contributed by atoms with E-state index in [1.54, 1.807) is 17.1 Å². The van der Waals surface area contributed by atoms with Crippen molar-refractivity contribution in [3.05, 3.63) is 39.9 Å². The lowest BCUT2D eigenvalue weighted by molar-refractivity contribution is -0.130.